The van der Waals surface area contributed by atoms with E-state index >= 15 is 0 Å². The molecule has 2 atom stereocenters. The number of rotatable bonds is 14. The SMILES string of the molecule is CCCCCC(C#N)NC(=O)C(C)(C)/N=N/C(C)(C)C(=O)NC(C#N)CCCCC. The van der Waals surface area contributed by atoms with Gasteiger partial charge in [0.15, 0.2) is 11.1 Å². The maximum atomic E-state index is 12.6. The molecule has 30 heavy (non-hydrogen) atoms. The van der Waals surface area contributed by atoms with Crippen molar-refractivity contribution in [2.24, 2.45) is 10.2 Å². The largest absolute Gasteiger partial charge is 0.338 e. The fourth-order valence-electron chi connectivity index (χ4n) is 2.55. The van der Waals surface area contributed by atoms with E-state index in [9.17, 15) is 20.1 Å². The molecule has 2 amide bonds. The van der Waals surface area contributed by atoms with Gasteiger partial charge in [0.25, 0.3) is 0 Å². The molecule has 2 unspecified atom stereocenters. The second kappa shape index (κ2) is 13.7. The number of azo groups is 1. The summed E-state index contributed by atoms with van der Waals surface area (Å²) >= 11 is 0. The first kappa shape index (κ1) is 27.5. The van der Waals surface area contributed by atoms with E-state index in [1.807, 2.05) is 0 Å². The van der Waals surface area contributed by atoms with Gasteiger partial charge in [-0.05, 0) is 40.5 Å². The number of carbonyl (C=O) groups excluding carboxylic acids is 2. The second-order valence-corrected chi connectivity index (χ2v) is 8.62. The third-order valence-electron chi connectivity index (χ3n) is 4.78. The highest BCUT2D eigenvalue weighted by Gasteiger charge is 2.33. The van der Waals surface area contributed by atoms with Gasteiger partial charge in [0.2, 0.25) is 11.8 Å². The van der Waals surface area contributed by atoms with Gasteiger partial charge >= 0.3 is 0 Å². The molecule has 0 heterocycles. The summed E-state index contributed by atoms with van der Waals surface area (Å²) in [5.74, 6) is -0.833. The molecule has 0 fully saturated rings. The van der Waals surface area contributed by atoms with Gasteiger partial charge in [0.05, 0.1) is 12.1 Å². The molecule has 0 aromatic carbocycles. The standard InChI is InChI=1S/C22H38N6O2/c1-7-9-11-13-17(15-23)25-19(29)21(3,4)27-28-22(5,6)20(30)26-18(16-24)14-12-10-8-2/h17-18H,7-14H2,1-6H3,(H,25,29)(H,26,30)/b28-27+. The van der Waals surface area contributed by atoms with Crippen molar-refractivity contribution in [3.8, 4) is 12.1 Å². The van der Waals surface area contributed by atoms with Crippen molar-refractivity contribution in [3.63, 3.8) is 0 Å². The minimum absolute atomic E-state index is 0.417. The van der Waals surface area contributed by atoms with Gasteiger partial charge < -0.3 is 10.6 Å². The summed E-state index contributed by atoms with van der Waals surface area (Å²) in [6.07, 6.45) is 6.98. The smallest absolute Gasteiger partial charge is 0.250 e. The van der Waals surface area contributed by atoms with Crippen molar-refractivity contribution in [1.29, 1.82) is 10.5 Å². The van der Waals surface area contributed by atoms with Crippen molar-refractivity contribution in [1.82, 2.24) is 10.6 Å². The predicted molar refractivity (Wildman–Crippen MR) is 116 cm³/mol. The molecule has 0 bridgehead atoms. The molecule has 0 spiro atoms. The van der Waals surface area contributed by atoms with E-state index in [0.29, 0.717) is 12.8 Å². The number of carbonyl (C=O) groups is 2. The lowest BCUT2D eigenvalue weighted by Gasteiger charge is -2.24. The summed E-state index contributed by atoms with van der Waals surface area (Å²) in [5.41, 5.74) is -2.46. The molecule has 0 aromatic rings. The van der Waals surface area contributed by atoms with Crippen LogP contribution in [0.3, 0.4) is 0 Å². The van der Waals surface area contributed by atoms with E-state index in [2.05, 4.69) is 46.8 Å². The van der Waals surface area contributed by atoms with E-state index in [4.69, 9.17) is 0 Å². The highest BCUT2D eigenvalue weighted by atomic mass is 16.2. The monoisotopic (exact) mass is 418 g/mol. The zero-order valence-corrected chi connectivity index (χ0v) is 19.4. The Morgan fingerprint density at radius 3 is 1.37 bits per heavy atom. The Balaban J connectivity index is 4.97. The summed E-state index contributed by atoms with van der Waals surface area (Å²) < 4.78 is 0. The lowest BCUT2D eigenvalue weighted by Crippen LogP contribution is -2.47. The molecule has 2 N–H and O–H groups in total. The first-order chi connectivity index (χ1) is 14.0. The molecule has 0 aliphatic heterocycles. The molecule has 0 radical (unpaired) electrons. The van der Waals surface area contributed by atoms with E-state index < -0.39 is 35.0 Å². The highest BCUT2D eigenvalue weighted by Crippen LogP contribution is 2.18. The molecular formula is C22H38N6O2. The molecule has 8 nitrogen and oxygen atoms in total. The Bertz CT molecular complexity index is 602. The van der Waals surface area contributed by atoms with Crippen LogP contribution in [0, 0.1) is 22.7 Å². The molecule has 0 saturated heterocycles. The van der Waals surface area contributed by atoms with Gasteiger partial charge in [-0.1, -0.05) is 52.4 Å². The van der Waals surface area contributed by atoms with E-state index in [-0.39, 0.29) is 0 Å². The maximum Gasteiger partial charge on any atom is 0.250 e. The minimum Gasteiger partial charge on any atom is -0.338 e. The third kappa shape index (κ3) is 10.3. The normalized spacial score (nSPS) is 13.9. The fourth-order valence-corrected chi connectivity index (χ4v) is 2.55. The fraction of sp³-hybridized carbons (Fsp3) is 0.818. The van der Waals surface area contributed by atoms with E-state index in [1.54, 1.807) is 27.7 Å². The third-order valence-corrected chi connectivity index (χ3v) is 4.78. The maximum absolute atomic E-state index is 12.6. The summed E-state index contributed by atoms with van der Waals surface area (Å²) in [6.45, 7) is 10.5. The zero-order chi connectivity index (χ0) is 23.2. The van der Waals surface area contributed by atoms with E-state index in [0.717, 1.165) is 38.5 Å². The Morgan fingerprint density at radius 1 is 0.767 bits per heavy atom. The Morgan fingerprint density at radius 2 is 1.10 bits per heavy atom. The number of nitriles is 2. The number of hydrogen-bond acceptors (Lipinski definition) is 6. The molecular weight excluding hydrogens is 380 g/mol. The van der Waals surface area contributed by atoms with Crippen molar-refractivity contribution in [3.05, 3.63) is 0 Å². The summed E-state index contributed by atoms with van der Waals surface area (Å²) in [6, 6.07) is 3.06. The van der Waals surface area contributed by atoms with Crippen LogP contribution in [0.1, 0.15) is 92.9 Å². The molecule has 0 aliphatic carbocycles. The van der Waals surface area contributed by atoms with Crippen LogP contribution >= 0.6 is 0 Å². The quantitative estimate of drug-likeness (QED) is 0.324. The van der Waals surface area contributed by atoms with Gasteiger partial charge in [-0.2, -0.15) is 20.8 Å². The Kier molecular flexibility index (Phi) is 12.6. The minimum atomic E-state index is -1.23. The first-order valence-electron chi connectivity index (χ1n) is 10.9. The molecule has 168 valence electrons. The summed E-state index contributed by atoms with van der Waals surface area (Å²) in [4.78, 5) is 25.1. The topological polar surface area (TPSA) is 130 Å². The van der Waals surface area contributed by atoms with Gasteiger partial charge in [-0.25, -0.2) is 0 Å². The van der Waals surface area contributed by atoms with E-state index in [1.165, 1.54) is 0 Å². The van der Waals surface area contributed by atoms with Crippen LogP contribution in [0.4, 0.5) is 0 Å². The van der Waals surface area contributed by atoms with Crippen molar-refractivity contribution < 1.29 is 9.59 Å². The number of nitrogens with one attached hydrogen (secondary N) is 2. The van der Waals surface area contributed by atoms with Crippen molar-refractivity contribution in [2.45, 2.75) is 116 Å². The van der Waals surface area contributed by atoms with Crippen LogP contribution in [0.2, 0.25) is 0 Å². The van der Waals surface area contributed by atoms with Gasteiger partial charge in [-0.15, -0.1) is 0 Å². The summed E-state index contributed by atoms with van der Waals surface area (Å²) in [7, 11) is 0. The number of nitrogens with zero attached hydrogens (tertiary/aromatic N) is 4. The predicted octanol–water partition coefficient (Wildman–Crippen LogP) is 4.17. The van der Waals surface area contributed by atoms with Crippen molar-refractivity contribution >= 4 is 11.8 Å². The number of hydrogen-bond donors (Lipinski definition) is 2. The second-order valence-electron chi connectivity index (χ2n) is 8.62. The zero-order valence-electron chi connectivity index (χ0n) is 19.4. The van der Waals surface area contributed by atoms with Crippen LogP contribution in [0.25, 0.3) is 0 Å². The summed E-state index contributed by atoms with van der Waals surface area (Å²) in [5, 5.41) is 32.1. The van der Waals surface area contributed by atoms with Gasteiger partial charge in [0, 0.05) is 0 Å². The lowest BCUT2D eigenvalue weighted by atomic mass is 10.0. The highest BCUT2D eigenvalue weighted by molar-refractivity contribution is 5.87. The molecule has 0 rings (SSSR count). The first-order valence-corrected chi connectivity index (χ1v) is 10.9. The van der Waals surface area contributed by atoms with Crippen LogP contribution < -0.4 is 10.6 Å². The van der Waals surface area contributed by atoms with Gasteiger partial charge in [0.1, 0.15) is 12.1 Å². The molecule has 0 saturated carbocycles. The van der Waals surface area contributed by atoms with Crippen LogP contribution in [-0.4, -0.2) is 35.0 Å². The molecule has 0 aromatic heterocycles. The number of amides is 2. The average molecular weight is 419 g/mol. The molecule has 8 heteroatoms. The van der Waals surface area contributed by atoms with Crippen molar-refractivity contribution in [2.75, 3.05) is 0 Å². The molecule has 0 aliphatic rings. The lowest BCUT2D eigenvalue weighted by molar-refractivity contribution is -0.127. The van der Waals surface area contributed by atoms with Crippen LogP contribution in [0.5, 0.6) is 0 Å². The Hall–Kier alpha value is -2.48. The average Bonchev–Trinajstić information content (AvgIpc) is 2.70. The van der Waals surface area contributed by atoms with Gasteiger partial charge in [-0.3, -0.25) is 9.59 Å². The number of unbranched alkanes of at least 4 members (excludes halogenated alkanes) is 4. The van der Waals surface area contributed by atoms with Crippen LogP contribution in [-0.2, 0) is 9.59 Å². The van der Waals surface area contributed by atoms with Crippen LogP contribution in [0.15, 0.2) is 10.2 Å². The Labute approximate surface area is 181 Å².